The summed E-state index contributed by atoms with van der Waals surface area (Å²) in [6.45, 7) is 0. The van der Waals surface area contributed by atoms with E-state index in [1.807, 2.05) is 30.3 Å². The average Bonchev–Trinajstić information content (AvgIpc) is 3.38. The van der Waals surface area contributed by atoms with E-state index in [0.29, 0.717) is 39.7 Å². The number of para-hydroxylation sites is 1. The highest BCUT2D eigenvalue weighted by Crippen LogP contribution is 2.31. The van der Waals surface area contributed by atoms with Crippen molar-refractivity contribution in [3.63, 3.8) is 0 Å². The second-order valence-corrected chi connectivity index (χ2v) is 7.30. The van der Waals surface area contributed by atoms with Crippen LogP contribution < -0.4 is 10.5 Å². The van der Waals surface area contributed by atoms with E-state index < -0.39 is 10.8 Å². The molecule has 5 aromatic rings. The largest absolute Gasteiger partial charge is 0.457 e. The molecule has 2 aromatic heterocycles. The maximum absolute atomic E-state index is 12.3. The normalized spacial score (nSPS) is 10.9. The third-order valence-corrected chi connectivity index (χ3v) is 5.14. The molecule has 162 valence electrons. The number of nitro groups is 1. The third-order valence-electron chi connectivity index (χ3n) is 5.14. The summed E-state index contributed by atoms with van der Waals surface area (Å²) in [4.78, 5) is 26.0. The number of rotatable bonds is 6. The highest BCUT2D eigenvalue weighted by atomic mass is 16.6. The van der Waals surface area contributed by atoms with Crippen LogP contribution in [0.3, 0.4) is 0 Å². The maximum atomic E-state index is 12.3. The third kappa shape index (κ3) is 3.79. The monoisotopic (exact) mass is 439 g/mol. The van der Waals surface area contributed by atoms with E-state index in [-0.39, 0.29) is 11.3 Å². The number of imidazole rings is 1. The van der Waals surface area contributed by atoms with Gasteiger partial charge in [0, 0.05) is 23.3 Å². The van der Waals surface area contributed by atoms with Crippen molar-refractivity contribution in [2.75, 3.05) is 0 Å². The van der Waals surface area contributed by atoms with Crippen LogP contribution >= 0.6 is 0 Å². The number of nitrogens with zero attached hydrogens (tertiary/aromatic N) is 3. The number of nitrogens with one attached hydrogen (secondary N) is 1. The first-order valence-electron chi connectivity index (χ1n) is 9.99. The van der Waals surface area contributed by atoms with Crippen LogP contribution in [0, 0.1) is 10.1 Å². The first-order valence-corrected chi connectivity index (χ1v) is 9.99. The van der Waals surface area contributed by atoms with E-state index >= 15 is 0 Å². The molecule has 0 saturated carbocycles. The number of nitro benzene ring substituents is 1. The molecule has 0 aliphatic carbocycles. The molecule has 0 bridgehead atoms. The smallest absolute Gasteiger partial charge is 0.270 e. The SMILES string of the molecule is NC(=O)c1c(-c2ccc(Oc3ccccc3)cc2)nn2cc(-c3cccc([N+](=O)[O-])c3)[nH]c12. The molecule has 0 spiro atoms. The molecule has 33 heavy (non-hydrogen) atoms. The lowest BCUT2D eigenvalue weighted by atomic mass is 10.1. The van der Waals surface area contributed by atoms with Gasteiger partial charge in [0.2, 0.25) is 0 Å². The van der Waals surface area contributed by atoms with E-state index in [1.165, 1.54) is 16.6 Å². The Morgan fingerprint density at radius 1 is 0.970 bits per heavy atom. The molecule has 9 nitrogen and oxygen atoms in total. The van der Waals surface area contributed by atoms with Crippen LogP contribution in [-0.2, 0) is 0 Å². The Bertz CT molecular complexity index is 1490. The number of H-pyrrole nitrogens is 1. The van der Waals surface area contributed by atoms with Gasteiger partial charge in [-0.2, -0.15) is 5.10 Å². The van der Waals surface area contributed by atoms with E-state index in [2.05, 4.69) is 10.1 Å². The van der Waals surface area contributed by atoms with Gasteiger partial charge in [-0.25, -0.2) is 4.52 Å². The zero-order valence-corrected chi connectivity index (χ0v) is 17.1. The Hall–Kier alpha value is -4.92. The molecule has 0 unspecified atom stereocenters. The van der Waals surface area contributed by atoms with Crippen molar-refractivity contribution >= 4 is 17.2 Å². The highest BCUT2D eigenvalue weighted by Gasteiger charge is 2.22. The number of aromatic nitrogens is 3. The summed E-state index contributed by atoms with van der Waals surface area (Å²) in [7, 11) is 0. The summed E-state index contributed by atoms with van der Waals surface area (Å²) in [5.74, 6) is 0.715. The predicted octanol–water partition coefficient (Wildman–Crippen LogP) is 4.80. The number of nitrogens with two attached hydrogens (primary N) is 1. The second-order valence-electron chi connectivity index (χ2n) is 7.30. The van der Waals surface area contributed by atoms with Crippen LogP contribution in [0.25, 0.3) is 28.2 Å². The molecule has 0 aliphatic rings. The summed E-state index contributed by atoms with van der Waals surface area (Å²) >= 11 is 0. The van der Waals surface area contributed by atoms with Crippen molar-refractivity contribution in [1.82, 2.24) is 14.6 Å². The van der Waals surface area contributed by atoms with Crippen molar-refractivity contribution < 1.29 is 14.5 Å². The fourth-order valence-electron chi connectivity index (χ4n) is 3.60. The quantitative estimate of drug-likeness (QED) is 0.290. The Balaban J connectivity index is 1.51. The number of hydrogen-bond acceptors (Lipinski definition) is 5. The molecule has 3 N–H and O–H groups in total. The lowest BCUT2D eigenvalue weighted by molar-refractivity contribution is -0.384. The number of non-ortho nitro benzene ring substituents is 1. The first-order chi connectivity index (χ1) is 16.0. The number of fused-ring (bicyclic) bond motifs is 1. The highest BCUT2D eigenvalue weighted by molar-refractivity contribution is 6.05. The number of carbonyl (C=O) groups excluding carboxylic acids is 1. The Labute approximate surface area is 187 Å². The average molecular weight is 439 g/mol. The summed E-state index contributed by atoms with van der Waals surface area (Å²) in [5.41, 5.74) is 8.56. The number of primary amides is 1. The van der Waals surface area contributed by atoms with E-state index in [9.17, 15) is 14.9 Å². The molecule has 1 amide bonds. The summed E-state index contributed by atoms with van der Waals surface area (Å²) in [6, 6.07) is 22.8. The van der Waals surface area contributed by atoms with E-state index in [0.717, 1.165) is 0 Å². The lowest BCUT2D eigenvalue weighted by Crippen LogP contribution is -2.12. The van der Waals surface area contributed by atoms with Gasteiger partial charge in [0.25, 0.3) is 11.6 Å². The van der Waals surface area contributed by atoms with Gasteiger partial charge in [-0.3, -0.25) is 14.9 Å². The summed E-state index contributed by atoms with van der Waals surface area (Å²) in [6.07, 6.45) is 1.66. The Morgan fingerprint density at radius 2 is 1.70 bits per heavy atom. The fraction of sp³-hybridized carbons (Fsp3) is 0. The minimum Gasteiger partial charge on any atom is -0.457 e. The van der Waals surface area contributed by atoms with Gasteiger partial charge in [0.15, 0.2) is 0 Å². The number of carbonyl (C=O) groups is 1. The van der Waals surface area contributed by atoms with Crippen molar-refractivity contribution in [3.8, 4) is 34.0 Å². The van der Waals surface area contributed by atoms with Crippen molar-refractivity contribution in [3.05, 3.63) is 101 Å². The standard InChI is InChI=1S/C24H17N5O4/c25-23(30)21-22(15-9-11-19(12-10-15)33-18-7-2-1-3-8-18)27-28-14-20(26-24(21)28)16-5-4-6-17(13-16)29(31)32/h1-14,26H,(H2,25,30). The lowest BCUT2D eigenvalue weighted by Gasteiger charge is -2.06. The van der Waals surface area contributed by atoms with E-state index in [4.69, 9.17) is 10.5 Å². The number of amides is 1. The van der Waals surface area contributed by atoms with Gasteiger partial charge in [-0.05, 0) is 36.4 Å². The zero-order valence-electron chi connectivity index (χ0n) is 17.1. The van der Waals surface area contributed by atoms with E-state index in [1.54, 1.807) is 42.6 Å². The summed E-state index contributed by atoms with van der Waals surface area (Å²) < 4.78 is 7.32. The van der Waals surface area contributed by atoms with Crippen molar-refractivity contribution in [2.45, 2.75) is 0 Å². The van der Waals surface area contributed by atoms with Gasteiger partial charge in [-0.15, -0.1) is 0 Å². The van der Waals surface area contributed by atoms with Gasteiger partial charge in [-0.1, -0.05) is 30.3 Å². The number of benzene rings is 3. The van der Waals surface area contributed by atoms with Gasteiger partial charge < -0.3 is 15.5 Å². The second kappa shape index (κ2) is 7.97. The minimum atomic E-state index is -0.642. The number of aromatic amines is 1. The van der Waals surface area contributed by atoms with Crippen LogP contribution in [0.2, 0.25) is 0 Å². The molecule has 0 aliphatic heterocycles. The molecule has 0 radical (unpaired) electrons. The Kier molecular flexibility index (Phi) is 4.83. The molecule has 0 fully saturated rings. The van der Waals surface area contributed by atoms with Crippen LogP contribution in [0.4, 0.5) is 5.69 Å². The minimum absolute atomic E-state index is 0.0339. The topological polar surface area (TPSA) is 129 Å². The predicted molar refractivity (Wildman–Crippen MR) is 122 cm³/mol. The van der Waals surface area contributed by atoms with Crippen LogP contribution in [-0.4, -0.2) is 25.4 Å². The zero-order chi connectivity index (χ0) is 22.9. The first kappa shape index (κ1) is 20.0. The maximum Gasteiger partial charge on any atom is 0.270 e. The fourth-order valence-corrected chi connectivity index (χ4v) is 3.60. The number of hydrogen-bond donors (Lipinski definition) is 2. The molecule has 2 heterocycles. The van der Waals surface area contributed by atoms with Gasteiger partial charge >= 0.3 is 0 Å². The summed E-state index contributed by atoms with van der Waals surface area (Å²) in [5, 5.41) is 15.6. The van der Waals surface area contributed by atoms with Crippen molar-refractivity contribution in [1.29, 1.82) is 0 Å². The van der Waals surface area contributed by atoms with Crippen LogP contribution in [0.15, 0.2) is 85.1 Å². The number of ether oxygens (including phenoxy) is 1. The van der Waals surface area contributed by atoms with Crippen LogP contribution in [0.1, 0.15) is 10.4 Å². The molecule has 0 atom stereocenters. The van der Waals surface area contributed by atoms with Gasteiger partial charge in [0.05, 0.1) is 16.8 Å². The molecule has 3 aromatic carbocycles. The van der Waals surface area contributed by atoms with Gasteiger partial charge in [0.1, 0.15) is 28.4 Å². The van der Waals surface area contributed by atoms with Crippen LogP contribution in [0.5, 0.6) is 11.5 Å². The molecule has 0 saturated heterocycles. The van der Waals surface area contributed by atoms with Crippen molar-refractivity contribution in [2.24, 2.45) is 5.73 Å². The Morgan fingerprint density at radius 3 is 2.39 bits per heavy atom. The molecule has 9 heteroatoms. The molecular weight excluding hydrogens is 422 g/mol. The molecular formula is C24H17N5O4. The molecule has 5 rings (SSSR count).